The second kappa shape index (κ2) is 6.35. The van der Waals surface area contributed by atoms with Crippen molar-refractivity contribution < 1.29 is 4.79 Å². The predicted octanol–water partition coefficient (Wildman–Crippen LogP) is 5.66. The highest BCUT2D eigenvalue weighted by Crippen LogP contribution is 2.37. The average molecular weight is 423 g/mol. The van der Waals surface area contributed by atoms with Crippen molar-refractivity contribution in [3.05, 3.63) is 44.4 Å². The molecule has 0 aliphatic heterocycles. The first-order chi connectivity index (χ1) is 12.3. The van der Waals surface area contributed by atoms with Gasteiger partial charge in [-0.2, -0.15) is 0 Å². The van der Waals surface area contributed by atoms with E-state index in [1.165, 1.54) is 22.7 Å². The van der Waals surface area contributed by atoms with Crippen molar-refractivity contribution in [2.75, 3.05) is 11.1 Å². The van der Waals surface area contributed by atoms with Crippen molar-refractivity contribution in [3.8, 4) is 0 Å². The lowest BCUT2D eigenvalue weighted by atomic mass is 10.1. The minimum absolute atomic E-state index is 0.316. The van der Waals surface area contributed by atoms with Crippen LogP contribution in [0.4, 0.5) is 10.8 Å². The van der Waals surface area contributed by atoms with E-state index < -0.39 is 0 Å². The maximum atomic E-state index is 12.7. The van der Waals surface area contributed by atoms with E-state index in [9.17, 15) is 4.79 Å². The highest BCUT2D eigenvalue weighted by Gasteiger charge is 2.20. The third-order valence-corrected chi connectivity index (χ3v) is 6.39. The molecule has 9 heteroatoms. The summed E-state index contributed by atoms with van der Waals surface area (Å²) < 4.78 is 0.801. The molecule has 4 aromatic rings. The van der Waals surface area contributed by atoms with E-state index in [4.69, 9.17) is 28.9 Å². The van der Waals surface area contributed by atoms with Gasteiger partial charge in [-0.25, -0.2) is 9.97 Å². The summed E-state index contributed by atoms with van der Waals surface area (Å²) in [6, 6.07) is 5.34. The maximum absolute atomic E-state index is 12.7. The number of benzene rings is 1. The molecule has 0 bridgehead atoms. The van der Waals surface area contributed by atoms with Crippen LogP contribution in [0.1, 0.15) is 20.9 Å². The number of pyridine rings is 1. The van der Waals surface area contributed by atoms with Gasteiger partial charge in [0, 0.05) is 16.1 Å². The summed E-state index contributed by atoms with van der Waals surface area (Å²) in [7, 11) is 0. The highest BCUT2D eigenvalue weighted by molar-refractivity contribution is 7.23. The number of aryl methyl sites for hydroxylation is 2. The lowest BCUT2D eigenvalue weighted by Crippen LogP contribution is -2.11. The van der Waals surface area contributed by atoms with Crippen LogP contribution in [0.25, 0.3) is 20.4 Å². The number of thiophene rings is 1. The number of hydrogen-bond acceptors (Lipinski definition) is 6. The Morgan fingerprint density at radius 1 is 1.15 bits per heavy atom. The van der Waals surface area contributed by atoms with Crippen LogP contribution in [0.5, 0.6) is 0 Å². The summed E-state index contributed by atoms with van der Waals surface area (Å²) in [5, 5.41) is 5.03. The molecule has 0 radical (unpaired) electrons. The van der Waals surface area contributed by atoms with Crippen LogP contribution in [0.3, 0.4) is 0 Å². The van der Waals surface area contributed by atoms with Crippen LogP contribution in [0.2, 0.25) is 10.0 Å². The molecule has 26 heavy (non-hydrogen) atoms. The van der Waals surface area contributed by atoms with Gasteiger partial charge < -0.3 is 5.73 Å². The molecule has 0 aliphatic carbocycles. The fourth-order valence-electron chi connectivity index (χ4n) is 2.80. The number of anilines is 2. The molecule has 1 amide bonds. The lowest BCUT2D eigenvalue weighted by molar-refractivity contribution is 0.103. The number of aromatic nitrogens is 2. The van der Waals surface area contributed by atoms with Gasteiger partial charge in [-0.15, -0.1) is 11.3 Å². The maximum Gasteiger partial charge on any atom is 0.269 e. The number of nitrogens with zero attached hydrogens (tertiary/aromatic N) is 2. The second-order valence-corrected chi connectivity index (χ2v) is 8.69. The third-order valence-electron chi connectivity index (χ3n) is 3.86. The van der Waals surface area contributed by atoms with Crippen molar-refractivity contribution in [2.24, 2.45) is 0 Å². The minimum Gasteiger partial charge on any atom is -0.397 e. The van der Waals surface area contributed by atoms with Crippen LogP contribution < -0.4 is 11.1 Å². The van der Waals surface area contributed by atoms with Gasteiger partial charge in [0.1, 0.15) is 15.2 Å². The first-order valence-corrected chi connectivity index (χ1v) is 9.95. The van der Waals surface area contributed by atoms with Gasteiger partial charge in [0.05, 0.1) is 15.4 Å². The van der Waals surface area contributed by atoms with Gasteiger partial charge in [-0.05, 0) is 37.6 Å². The summed E-state index contributed by atoms with van der Waals surface area (Å²) >= 11 is 14.8. The van der Waals surface area contributed by atoms with Gasteiger partial charge in [-0.3, -0.25) is 10.1 Å². The third kappa shape index (κ3) is 2.91. The monoisotopic (exact) mass is 422 g/mol. The van der Waals surface area contributed by atoms with Crippen LogP contribution in [-0.2, 0) is 0 Å². The fourth-order valence-corrected chi connectivity index (χ4v) is 5.50. The van der Waals surface area contributed by atoms with Crippen molar-refractivity contribution >= 4 is 83.0 Å². The van der Waals surface area contributed by atoms with Gasteiger partial charge in [0.15, 0.2) is 5.13 Å². The first kappa shape index (κ1) is 17.5. The summed E-state index contributed by atoms with van der Waals surface area (Å²) in [5.41, 5.74) is 9.15. The molecular weight excluding hydrogens is 411 g/mol. The molecular formula is C17H12Cl2N4OS2. The van der Waals surface area contributed by atoms with Crippen molar-refractivity contribution in [3.63, 3.8) is 0 Å². The molecule has 1 aromatic carbocycles. The Hall–Kier alpha value is -1.93. The molecule has 4 rings (SSSR count). The smallest absolute Gasteiger partial charge is 0.269 e. The zero-order valence-corrected chi connectivity index (χ0v) is 16.8. The topological polar surface area (TPSA) is 80.9 Å². The lowest BCUT2D eigenvalue weighted by Gasteiger charge is -2.01. The van der Waals surface area contributed by atoms with E-state index >= 15 is 0 Å². The van der Waals surface area contributed by atoms with E-state index in [1.807, 2.05) is 19.9 Å². The average Bonchev–Trinajstić information content (AvgIpc) is 3.08. The number of amides is 1. The first-order valence-electron chi connectivity index (χ1n) is 7.56. The largest absolute Gasteiger partial charge is 0.397 e. The SMILES string of the molecule is Cc1cc(C)c2c(N)c(C(=O)Nc3nc4c(Cl)cc(Cl)cc4s3)sc2n1. The number of rotatable bonds is 2. The summed E-state index contributed by atoms with van der Waals surface area (Å²) in [6.07, 6.45) is 0. The number of nitrogens with two attached hydrogens (primary N) is 1. The summed E-state index contributed by atoms with van der Waals surface area (Å²) in [6.45, 7) is 3.87. The van der Waals surface area contributed by atoms with E-state index in [1.54, 1.807) is 12.1 Å². The molecule has 3 heterocycles. The highest BCUT2D eigenvalue weighted by atomic mass is 35.5. The van der Waals surface area contributed by atoms with Gasteiger partial charge in [0.25, 0.3) is 5.91 Å². The van der Waals surface area contributed by atoms with Crippen LogP contribution in [0, 0.1) is 13.8 Å². The quantitative estimate of drug-likeness (QED) is 0.436. The normalized spacial score (nSPS) is 11.4. The Morgan fingerprint density at radius 2 is 1.92 bits per heavy atom. The number of carbonyl (C=O) groups is 1. The van der Waals surface area contributed by atoms with E-state index in [0.29, 0.717) is 31.3 Å². The predicted molar refractivity (Wildman–Crippen MR) is 111 cm³/mol. The summed E-state index contributed by atoms with van der Waals surface area (Å²) in [5.74, 6) is -0.316. The Bertz CT molecular complexity index is 1200. The van der Waals surface area contributed by atoms with E-state index in [0.717, 1.165) is 26.2 Å². The number of thiazole rings is 1. The van der Waals surface area contributed by atoms with Gasteiger partial charge >= 0.3 is 0 Å². The minimum atomic E-state index is -0.316. The fraction of sp³-hybridized carbons (Fsp3) is 0.118. The Kier molecular flexibility index (Phi) is 4.27. The number of hydrogen-bond donors (Lipinski definition) is 2. The van der Waals surface area contributed by atoms with E-state index in [2.05, 4.69) is 15.3 Å². The number of carbonyl (C=O) groups excluding carboxylic acids is 1. The molecule has 3 aromatic heterocycles. The van der Waals surface area contributed by atoms with Crippen molar-refractivity contribution in [2.45, 2.75) is 13.8 Å². The molecule has 0 atom stereocenters. The number of nitrogens with one attached hydrogen (secondary N) is 1. The molecule has 0 saturated heterocycles. The molecule has 0 spiro atoms. The summed E-state index contributed by atoms with van der Waals surface area (Å²) in [4.78, 5) is 22.8. The number of halogens is 2. The van der Waals surface area contributed by atoms with Crippen LogP contribution in [0.15, 0.2) is 18.2 Å². The Morgan fingerprint density at radius 3 is 2.69 bits per heavy atom. The zero-order valence-electron chi connectivity index (χ0n) is 13.7. The molecule has 0 saturated carbocycles. The van der Waals surface area contributed by atoms with Crippen molar-refractivity contribution in [1.29, 1.82) is 0 Å². The van der Waals surface area contributed by atoms with Gasteiger partial charge in [-0.1, -0.05) is 34.5 Å². The number of fused-ring (bicyclic) bond motifs is 2. The molecule has 0 unspecified atom stereocenters. The standard InChI is InChI=1S/C17H12Cl2N4OS2/c1-6-3-7(2)21-16-11(6)12(20)14(26-16)15(24)23-17-22-13-9(19)4-8(18)5-10(13)25-17/h3-5H,20H2,1-2H3,(H,22,23,24). The molecule has 0 aliphatic rings. The zero-order chi connectivity index (χ0) is 18.6. The van der Waals surface area contributed by atoms with Crippen molar-refractivity contribution in [1.82, 2.24) is 9.97 Å². The number of nitrogen functional groups attached to an aromatic ring is 1. The van der Waals surface area contributed by atoms with Gasteiger partial charge in [0.2, 0.25) is 0 Å². The Balaban J connectivity index is 1.73. The van der Waals surface area contributed by atoms with Crippen LogP contribution in [-0.4, -0.2) is 15.9 Å². The molecule has 5 nitrogen and oxygen atoms in total. The second-order valence-electron chi connectivity index (χ2n) is 5.81. The van der Waals surface area contributed by atoms with Crippen LogP contribution >= 0.6 is 45.9 Å². The Labute approximate surface area is 166 Å². The molecule has 132 valence electrons. The van der Waals surface area contributed by atoms with E-state index in [-0.39, 0.29) is 5.91 Å². The molecule has 0 fully saturated rings. The molecule has 3 N–H and O–H groups in total.